The van der Waals surface area contributed by atoms with Gasteiger partial charge in [-0.05, 0) is 19.9 Å². The Bertz CT molecular complexity index is 146. The predicted octanol–water partition coefficient (Wildman–Crippen LogP) is 0.000600. The van der Waals surface area contributed by atoms with Gasteiger partial charge in [0.15, 0.2) is 0 Å². The second-order valence-corrected chi connectivity index (χ2v) is 4.31. The topological polar surface area (TPSA) is 20.6 Å². The van der Waals surface area contributed by atoms with E-state index in [0.717, 1.165) is 6.54 Å². The number of nitrogens with zero attached hydrogens (tertiary/aromatic N) is 3. The standard InChI is InChI=1S/C10H20N3/c1-12-5-7-13(8-6-12)9-10-3-2-4-11-10/h10H,2-9H2,1H3. The van der Waals surface area contributed by atoms with E-state index in [2.05, 4.69) is 22.2 Å². The lowest BCUT2D eigenvalue weighted by atomic mass is 10.2. The van der Waals surface area contributed by atoms with E-state index in [4.69, 9.17) is 0 Å². The molecule has 2 saturated heterocycles. The Morgan fingerprint density at radius 1 is 1.23 bits per heavy atom. The number of likely N-dealkylation sites (N-methyl/N-ethyl adjacent to an activating group) is 1. The molecule has 0 aromatic carbocycles. The molecule has 2 fully saturated rings. The molecule has 3 heteroatoms. The fraction of sp³-hybridized carbons (Fsp3) is 1.00. The van der Waals surface area contributed by atoms with Crippen LogP contribution in [-0.4, -0.2) is 62.2 Å². The maximum atomic E-state index is 4.59. The molecule has 2 aliphatic heterocycles. The number of rotatable bonds is 2. The summed E-state index contributed by atoms with van der Waals surface area (Å²) in [6.07, 6.45) is 2.64. The van der Waals surface area contributed by atoms with Gasteiger partial charge in [-0.25, -0.2) is 5.32 Å². The molecule has 0 aliphatic carbocycles. The van der Waals surface area contributed by atoms with Gasteiger partial charge in [0.1, 0.15) is 0 Å². The van der Waals surface area contributed by atoms with E-state index in [9.17, 15) is 0 Å². The molecule has 3 nitrogen and oxygen atoms in total. The van der Waals surface area contributed by atoms with E-state index in [0.29, 0.717) is 6.04 Å². The van der Waals surface area contributed by atoms with Crippen molar-refractivity contribution in [2.45, 2.75) is 18.9 Å². The van der Waals surface area contributed by atoms with Gasteiger partial charge in [0.25, 0.3) is 0 Å². The maximum Gasteiger partial charge on any atom is 0.0373 e. The summed E-state index contributed by atoms with van der Waals surface area (Å²) in [4.78, 5) is 4.97. The summed E-state index contributed by atoms with van der Waals surface area (Å²) in [7, 11) is 2.21. The fourth-order valence-electron chi connectivity index (χ4n) is 2.17. The Kier molecular flexibility index (Phi) is 3.19. The lowest BCUT2D eigenvalue weighted by Crippen LogP contribution is -2.47. The van der Waals surface area contributed by atoms with Crippen LogP contribution in [0, 0.1) is 0 Å². The molecule has 0 amide bonds. The fourth-order valence-corrected chi connectivity index (χ4v) is 2.17. The Hall–Kier alpha value is -0.120. The van der Waals surface area contributed by atoms with Crippen LogP contribution in [-0.2, 0) is 0 Å². The highest BCUT2D eigenvalue weighted by Gasteiger charge is 2.21. The third kappa shape index (κ3) is 2.66. The third-order valence-electron chi connectivity index (χ3n) is 3.15. The smallest absolute Gasteiger partial charge is 0.0373 e. The lowest BCUT2D eigenvalue weighted by Gasteiger charge is -2.33. The van der Waals surface area contributed by atoms with Gasteiger partial charge in [0.05, 0.1) is 0 Å². The van der Waals surface area contributed by atoms with Gasteiger partial charge in [-0.3, -0.25) is 4.90 Å². The second-order valence-electron chi connectivity index (χ2n) is 4.31. The number of hydrogen-bond donors (Lipinski definition) is 0. The summed E-state index contributed by atoms with van der Waals surface area (Å²) in [6.45, 7) is 7.26. The molecule has 1 atom stereocenters. The zero-order valence-corrected chi connectivity index (χ0v) is 8.58. The molecule has 2 rings (SSSR count). The van der Waals surface area contributed by atoms with E-state index in [1.807, 2.05) is 0 Å². The SMILES string of the molecule is CN1CCN(CC2CCC[N]2)CC1. The summed E-state index contributed by atoms with van der Waals surface area (Å²) in [5, 5.41) is 4.59. The molecule has 1 radical (unpaired) electrons. The van der Waals surface area contributed by atoms with Gasteiger partial charge in [-0.15, -0.1) is 0 Å². The normalized spacial score (nSPS) is 32.5. The third-order valence-corrected chi connectivity index (χ3v) is 3.15. The zero-order valence-electron chi connectivity index (χ0n) is 8.58. The van der Waals surface area contributed by atoms with Gasteiger partial charge >= 0.3 is 0 Å². The van der Waals surface area contributed by atoms with E-state index < -0.39 is 0 Å². The average molecular weight is 182 g/mol. The first-order chi connectivity index (χ1) is 6.34. The molecule has 1 unspecified atom stereocenters. The quantitative estimate of drug-likeness (QED) is 0.599. The van der Waals surface area contributed by atoms with Crippen LogP contribution < -0.4 is 5.32 Å². The van der Waals surface area contributed by atoms with Crippen molar-refractivity contribution in [1.82, 2.24) is 15.1 Å². The molecular weight excluding hydrogens is 162 g/mol. The van der Waals surface area contributed by atoms with Crippen LogP contribution in [0.3, 0.4) is 0 Å². The molecule has 0 saturated carbocycles. The molecular formula is C10H20N3. The summed E-state index contributed by atoms with van der Waals surface area (Å²) < 4.78 is 0. The van der Waals surface area contributed by atoms with Crippen LogP contribution in [0.2, 0.25) is 0 Å². The Morgan fingerprint density at radius 3 is 2.62 bits per heavy atom. The van der Waals surface area contributed by atoms with E-state index in [1.54, 1.807) is 0 Å². The summed E-state index contributed by atoms with van der Waals surface area (Å²) in [5.74, 6) is 0. The largest absolute Gasteiger partial charge is 0.304 e. The molecule has 0 N–H and O–H groups in total. The van der Waals surface area contributed by atoms with Crippen LogP contribution in [0.15, 0.2) is 0 Å². The van der Waals surface area contributed by atoms with Crippen molar-refractivity contribution < 1.29 is 0 Å². The first kappa shape index (κ1) is 9.44. The van der Waals surface area contributed by atoms with Crippen LogP contribution in [0.4, 0.5) is 0 Å². The van der Waals surface area contributed by atoms with Gasteiger partial charge in [-0.1, -0.05) is 0 Å². The molecule has 13 heavy (non-hydrogen) atoms. The molecule has 2 heterocycles. The molecule has 75 valence electrons. The van der Waals surface area contributed by atoms with Crippen LogP contribution >= 0.6 is 0 Å². The van der Waals surface area contributed by atoms with Crippen molar-refractivity contribution >= 4 is 0 Å². The zero-order chi connectivity index (χ0) is 9.10. The summed E-state index contributed by atoms with van der Waals surface area (Å²) in [5.41, 5.74) is 0. The average Bonchev–Trinajstić information content (AvgIpc) is 2.62. The van der Waals surface area contributed by atoms with Crippen molar-refractivity contribution in [3.8, 4) is 0 Å². The van der Waals surface area contributed by atoms with Crippen molar-refractivity contribution in [1.29, 1.82) is 0 Å². The van der Waals surface area contributed by atoms with Gasteiger partial charge in [-0.2, -0.15) is 0 Å². The lowest BCUT2D eigenvalue weighted by molar-refractivity contribution is 0.144. The first-order valence-electron chi connectivity index (χ1n) is 5.42. The second kappa shape index (κ2) is 4.40. The highest BCUT2D eigenvalue weighted by Crippen LogP contribution is 2.09. The summed E-state index contributed by atoms with van der Waals surface area (Å²) in [6, 6.07) is 0.656. The van der Waals surface area contributed by atoms with Crippen LogP contribution in [0.25, 0.3) is 0 Å². The minimum absolute atomic E-state index is 0.656. The minimum atomic E-state index is 0.656. The van der Waals surface area contributed by atoms with Crippen molar-refractivity contribution in [2.24, 2.45) is 0 Å². The Labute approximate surface area is 81.1 Å². The van der Waals surface area contributed by atoms with E-state index >= 15 is 0 Å². The van der Waals surface area contributed by atoms with E-state index in [-0.39, 0.29) is 0 Å². The molecule has 0 bridgehead atoms. The molecule has 0 aromatic heterocycles. The molecule has 2 aliphatic rings. The Morgan fingerprint density at radius 2 is 2.00 bits per heavy atom. The number of hydrogen-bond acceptors (Lipinski definition) is 2. The molecule has 0 spiro atoms. The van der Waals surface area contributed by atoms with Crippen LogP contribution in [0.1, 0.15) is 12.8 Å². The highest BCUT2D eigenvalue weighted by molar-refractivity contribution is 4.79. The summed E-state index contributed by atoms with van der Waals surface area (Å²) >= 11 is 0. The Balaban J connectivity index is 1.69. The minimum Gasteiger partial charge on any atom is -0.304 e. The number of piperazine rings is 1. The van der Waals surface area contributed by atoms with E-state index in [1.165, 1.54) is 45.6 Å². The van der Waals surface area contributed by atoms with Gasteiger partial charge in [0, 0.05) is 45.3 Å². The van der Waals surface area contributed by atoms with Crippen molar-refractivity contribution in [3.05, 3.63) is 0 Å². The van der Waals surface area contributed by atoms with Gasteiger partial charge in [0.2, 0.25) is 0 Å². The first-order valence-corrected chi connectivity index (χ1v) is 5.42. The van der Waals surface area contributed by atoms with Crippen LogP contribution in [0.5, 0.6) is 0 Å². The highest BCUT2D eigenvalue weighted by atomic mass is 15.3. The predicted molar refractivity (Wildman–Crippen MR) is 54.0 cm³/mol. The molecule has 0 aromatic rings. The monoisotopic (exact) mass is 182 g/mol. The van der Waals surface area contributed by atoms with Gasteiger partial charge < -0.3 is 4.90 Å². The van der Waals surface area contributed by atoms with Crippen molar-refractivity contribution in [3.63, 3.8) is 0 Å². The maximum absolute atomic E-state index is 4.59. The van der Waals surface area contributed by atoms with Crippen molar-refractivity contribution in [2.75, 3.05) is 46.3 Å².